The van der Waals surface area contributed by atoms with Crippen LogP contribution in [0, 0.1) is 0 Å². The highest BCUT2D eigenvalue weighted by atomic mass is 32.1. The minimum atomic E-state index is -0.171. The summed E-state index contributed by atoms with van der Waals surface area (Å²) in [5.41, 5.74) is 0.934. The molecule has 1 aliphatic heterocycles. The van der Waals surface area contributed by atoms with E-state index in [9.17, 15) is 14.7 Å². The fourth-order valence-corrected chi connectivity index (χ4v) is 3.41. The van der Waals surface area contributed by atoms with Gasteiger partial charge in [0, 0.05) is 19.3 Å². The van der Waals surface area contributed by atoms with Gasteiger partial charge in [-0.1, -0.05) is 6.07 Å². The number of likely N-dealkylation sites (N-methyl/N-ethyl adjacent to an activating group) is 1. The number of hydrogen-bond acceptors (Lipinski definition) is 4. The van der Waals surface area contributed by atoms with E-state index in [0.717, 1.165) is 10.6 Å². The number of carbonyl (C=O) groups excluding carboxylic acids is 1. The first-order chi connectivity index (χ1) is 10.6. The zero-order chi connectivity index (χ0) is 15.7. The number of aliphatic hydroxyl groups excluding tert-OH is 1. The first-order valence-electron chi connectivity index (χ1n) is 6.98. The van der Waals surface area contributed by atoms with Gasteiger partial charge in [-0.2, -0.15) is 0 Å². The number of carbonyl (C=O) groups is 1. The molecule has 7 heteroatoms. The second-order valence-corrected chi connectivity index (χ2v) is 6.19. The van der Waals surface area contributed by atoms with Crippen LogP contribution in [0.15, 0.2) is 40.6 Å². The van der Waals surface area contributed by atoms with Crippen molar-refractivity contribution < 1.29 is 9.90 Å². The van der Waals surface area contributed by atoms with E-state index in [0.29, 0.717) is 13.1 Å². The Morgan fingerprint density at radius 2 is 2.18 bits per heavy atom. The Morgan fingerprint density at radius 3 is 2.86 bits per heavy atom. The lowest BCUT2D eigenvalue weighted by Gasteiger charge is -2.14. The fourth-order valence-electron chi connectivity index (χ4n) is 2.50. The monoisotopic (exact) mass is 319 g/mol. The van der Waals surface area contributed by atoms with Crippen molar-refractivity contribution in [1.29, 1.82) is 0 Å². The lowest BCUT2D eigenvalue weighted by atomic mass is 10.3. The van der Waals surface area contributed by atoms with Gasteiger partial charge in [0.15, 0.2) is 0 Å². The maximum absolute atomic E-state index is 12.2. The minimum absolute atomic E-state index is 0.0453. The lowest BCUT2D eigenvalue weighted by molar-refractivity contribution is 0.182. The maximum Gasteiger partial charge on any atom is 0.325 e. The van der Waals surface area contributed by atoms with Gasteiger partial charge in [0.25, 0.3) is 5.56 Å². The van der Waals surface area contributed by atoms with Gasteiger partial charge in [-0.3, -0.25) is 9.69 Å². The topological polar surface area (TPSA) is 65.8 Å². The predicted octanol–water partition coefficient (Wildman–Crippen LogP) is 1.19. The first-order valence-corrected chi connectivity index (χ1v) is 7.86. The van der Waals surface area contributed by atoms with Gasteiger partial charge in [-0.05, 0) is 23.1 Å². The second-order valence-electron chi connectivity index (χ2n) is 5.30. The number of pyridine rings is 1. The summed E-state index contributed by atoms with van der Waals surface area (Å²) < 4.78 is 1.63. The van der Waals surface area contributed by atoms with Crippen molar-refractivity contribution in [2.24, 2.45) is 0 Å². The van der Waals surface area contributed by atoms with Gasteiger partial charge in [-0.15, -0.1) is 11.3 Å². The number of anilines is 1. The number of aliphatic hydroxyl groups is 1. The van der Waals surface area contributed by atoms with Crippen LogP contribution in [0.25, 0.3) is 0 Å². The standard InChI is InChI=1S/C15H17N3O3S/c1-16-12(9-19)8-18(15(16)21)14-6-11(10-22-14)7-17-5-3-2-4-13(17)20/h2-6,10,12,19H,7-9H2,1H3/t12-/m1/s1. The van der Waals surface area contributed by atoms with E-state index in [2.05, 4.69) is 0 Å². The summed E-state index contributed by atoms with van der Waals surface area (Å²) in [4.78, 5) is 27.1. The minimum Gasteiger partial charge on any atom is -0.394 e. The molecule has 2 amide bonds. The van der Waals surface area contributed by atoms with Gasteiger partial charge in [0.05, 0.1) is 30.7 Å². The number of thiophene rings is 1. The molecule has 1 aliphatic rings. The number of rotatable bonds is 4. The van der Waals surface area contributed by atoms with Crippen LogP contribution in [0.5, 0.6) is 0 Å². The molecule has 0 bridgehead atoms. The summed E-state index contributed by atoms with van der Waals surface area (Å²) in [5, 5.41) is 12.1. The molecule has 0 radical (unpaired) electrons. The molecule has 1 N–H and O–H groups in total. The maximum atomic E-state index is 12.2. The van der Waals surface area contributed by atoms with E-state index in [1.165, 1.54) is 17.4 Å². The molecule has 0 aliphatic carbocycles. The highest BCUT2D eigenvalue weighted by Gasteiger charge is 2.35. The van der Waals surface area contributed by atoms with Gasteiger partial charge in [-0.25, -0.2) is 4.79 Å². The third kappa shape index (κ3) is 2.65. The van der Waals surface area contributed by atoms with E-state index in [1.807, 2.05) is 17.5 Å². The average Bonchev–Trinajstić information content (AvgIpc) is 3.08. The summed E-state index contributed by atoms with van der Waals surface area (Å²) in [6.45, 7) is 0.922. The molecule has 22 heavy (non-hydrogen) atoms. The third-order valence-electron chi connectivity index (χ3n) is 3.84. The van der Waals surface area contributed by atoms with Crippen LogP contribution in [0.1, 0.15) is 5.56 Å². The van der Waals surface area contributed by atoms with Gasteiger partial charge >= 0.3 is 6.03 Å². The highest BCUT2D eigenvalue weighted by molar-refractivity contribution is 7.14. The summed E-state index contributed by atoms with van der Waals surface area (Å²) >= 11 is 1.47. The molecule has 0 spiro atoms. The van der Waals surface area contributed by atoms with Crippen LogP contribution >= 0.6 is 11.3 Å². The van der Waals surface area contributed by atoms with Crippen molar-refractivity contribution in [3.63, 3.8) is 0 Å². The van der Waals surface area contributed by atoms with Crippen molar-refractivity contribution in [2.45, 2.75) is 12.6 Å². The molecule has 1 fully saturated rings. The molecular formula is C15H17N3O3S. The van der Waals surface area contributed by atoms with E-state index in [1.54, 1.807) is 33.7 Å². The van der Waals surface area contributed by atoms with Crippen molar-refractivity contribution in [1.82, 2.24) is 9.47 Å². The summed E-state index contributed by atoms with van der Waals surface area (Å²) in [6.07, 6.45) is 1.75. The Hall–Kier alpha value is -2.12. The van der Waals surface area contributed by atoms with Crippen LogP contribution in [0.2, 0.25) is 0 Å². The summed E-state index contributed by atoms with van der Waals surface area (Å²) in [6, 6.07) is 6.71. The van der Waals surface area contributed by atoms with Gasteiger partial charge in [0.2, 0.25) is 0 Å². The molecule has 0 unspecified atom stereocenters. The number of nitrogens with zero attached hydrogens (tertiary/aromatic N) is 3. The summed E-state index contributed by atoms with van der Waals surface area (Å²) in [7, 11) is 1.70. The van der Waals surface area contributed by atoms with Crippen molar-refractivity contribution in [2.75, 3.05) is 25.1 Å². The van der Waals surface area contributed by atoms with E-state index < -0.39 is 0 Å². The van der Waals surface area contributed by atoms with Crippen LogP contribution < -0.4 is 10.5 Å². The average molecular weight is 319 g/mol. The molecule has 116 valence electrons. The fraction of sp³-hybridized carbons (Fsp3) is 0.333. The largest absolute Gasteiger partial charge is 0.394 e. The zero-order valence-electron chi connectivity index (χ0n) is 12.2. The quantitative estimate of drug-likeness (QED) is 0.920. The predicted molar refractivity (Wildman–Crippen MR) is 85.5 cm³/mol. The lowest BCUT2D eigenvalue weighted by Crippen LogP contribution is -2.32. The Balaban J connectivity index is 1.79. The second kappa shape index (κ2) is 5.94. The van der Waals surface area contributed by atoms with Crippen LogP contribution in [0.4, 0.5) is 9.80 Å². The number of urea groups is 1. The Bertz CT molecular complexity index is 739. The molecular weight excluding hydrogens is 302 g/mol. The van der Waals surface area contributed by atoms with Crippen LogP contribution in [-0.2, 0) is 6.54 Å². The van der Waals surface area contributed by atoms with Gasteiger partial charge < -0.3 is 14.6 Å². The van der Waals surface area contributed by atoms with Crippen molar-refractivity contribution >= 4 is 22.4 Å². The molecule has 0 aromatic carbocycles. The molecule has 3 heterocycles. The molecule has 1 atom stereocenters. The Labute approximate surface area is 131 Å². The van der Waals surface area contributed by atoms with Crippen LogP contribution in [0.3, 0.4) is 0 Å². The number of hydrogen-bond donors (Lipinski definition) is 1. The molecule has 2 aromatic heterocycles. The van der Waals surface area contributed by atoms with E-state index >= 15 is 0 Å². The van der Waals surface area contributed by atoms with Crippen LogP contribution in [-0.4, -0.2) is 46.8 Å². The number of aromatic nitrogens is 1. The van der Waals surface area contributed by atoms with Gasteiger partial charge in [0.1, 0.15) is 0 Å². The molecule has 2 aromatic rings. The normalized spacial score (nSPS) is 18.3. The Morgan fingerprint density at radius 1 is 1.36 bits per heavy atom. The number of amides is 2. The smallest absolute Gasteiger partial charge is 0.325 e. The molecule has 1 saturated heterocycles. The first kappa shape index (κ1) is 14.8. The summed E-state index contributed by atoms with van der Waals surface area (Å²) in [5.74, 6) is 0. The molecule has 3 rings (SSSR count). The van der Waals surface area contributed by atoms with E-state index in [4.69, 9.17) is 0 Å². The SMILES string of the molecule is CN1C(=O)N(c2cc(Cn3ccccc3=O)cs2)C[C@@H]1CO. The van der Waals surface area contributed by atoms with Crippen molar-refractivity contribution in [3.05, 3.63) is 51.8 Å². The highest BCUT2D eigenvalue weighted by Crippen LogP contribution is 2.29. The van der Waals surface area contributed by atoms with Crippen molar-refractivity contribution in [3.8, 4) is 0 Å². The third-order valence-corrected chi connectivity index (χ3v) is 4.84. The Kier molecular flexibility index (Phi) is 4.00. The van der Waals surface area contributed by atoms with E-state index in [-0.39, 0.29) is 24.2 Å². The molecule has 0 saturated carbocycles. The molecule has 6 nitrogen and oxygen atoms in total. The zero-order valence-corrected chi connectivity index (χ0v) is 13.0.